The van der Waals surface area contributed by atoms with E-state index in [9.17, 15) is 10.1 Å². The van der Waals surface area contributed by atoms with E-state index in [2.05, 4.69) is 18.0 Å². The van der Waals surface area contributed by atoms with Gasteiger partial charge >= 0.3 is 5.97 Å². The number of nitrogens with zero attached hydrogens (tertiary/aromatic N) is 1. The van der Waals surface area contributed by atoms with Crippen LogP contribution in [0, 0.1) is 11.3 Å². The van der Waals surface area contributed by atoms with Gasteiger partial charge in [-0.15, -0.1) is 0 Å². The zero-order chi connectivity index (χ0) is 18.1. The molecule has 4 heteroatoms. The fourth-order valence-electron chi connectivity index (χ4n) is 2.61. The highest BCUT2D eigenvalue weighted by Gasteiger charge is 2.34. The van der Waals surface area contributed by atoms with Crippen molar-refractivity contribution in [2.75, 3.05) is 6.61 Å². The van der Waals surface area contributed by atoms with Gasteiger partial charge in [0.25, 0.3) is 0 Å². The van der Waals surface area contributed by atoms with Crippen molar-refractivity contribution in [3.8, 4) is 6.07 Å². The predicted molar refractivity (Wildman–Crippen MR) is 97.4 cm³/mol. The molecule has 25 heavy (non-hydrogen) atoms. The Hall–Kier alpha value is -2.90. The number of hydrogen-bond donors (Lipinski definition) is 1. The van der Waals surface area contributed by atoms with Crippen LogP contribution < -0.4 is 5.32 Å². The minimum Gasteiger partial charge on any atom is -0.463 e. The fraction of sp³-hybridized carbons (Fsp3) is 0.238. The zero-order valence-electron chi connectivity index (χ0n) is 14.4. The van der Waals surface area contributed by atoms with E-state index in [1.807, 2.05) is 60.7 Å². The molecule has 0 aliphatic carbocycles. The topological polar surface area (TPSA) is 62.1 Å². The Morgan fingerprint density at radius 2 is 1.76 bits per heavy atom. The van der Waals surface area contributed by atoms with Crippen LogP contribution in [0.3, 0.4) is 0 Å². The highest BCUT2D eigenvalue weighted by atomic mass is 16.5. The van der Waals surface area contributed by atoms with Gasteiger partial charge < -0.3 is 4.74 Å². The molecule has 0 saturated heterocycles. The van der Waals surface area contributed by atoms with Crippen molar-refractivity contribution in [2.24, 2.45) is 0 Å². The van der Waals surface area contributed by atoms with Gasteiger partial charge in [0.15, 0.2) is 0 Å². The number of carbonyl (C=O) groups excluding carboxylic acids is 1. The van der Waals surface area contributed by atoms with Gasteiger partial charge in [0.05, 0.1) is 12.7 Å². The summed E-state index contributed by atoms with van der Waals surface area (Å²) in [6, 6.07) is 21.6. The Morgan fingerprint density at radius 1 is 1.16 bits per heavy atom. The molecule has 0 amide bonds. The SMILES string of the molecule is C=C(CC(C#N)(NCc1ccccc1)c1ccccc1)C(=O)OCC. The van der Waals surface area contributed by atoms with Gasteiger partial charge in [-0.2, -0.15) is 5.26 Å². The molecule has 2 aromatic carbocycles. The van der Waals surface area contributed by atoms with Crippen LogP contribution in [-0.2, 0) is 21.6 Å². The lowest BCUT2D eigenvalue weighted by Crippen LogP contribution is -2.41. The van der Waals surface area contributed by atoms with Crippen LogP contribution in [0.4, 0.5) is 0 Å². The van der Waals surface area contributed by atoms with Crippen molar-refractivity contribution in [2.45, 2.75) is 25.4 Å². The van der Waals surface area contributed by atoms with Gasteiger partial charge in [0.1, 0.15) is 5.54 Å². The van der Waals surface area contributed by atoms with Crippen molar-refractivity contribution in [1.29, 1.82) is 5.26 Å². The normalized spacial score (nSPS) is 12.6. The van der Waals surface area contributed by atoms with Gasteiger partial charge in [0, 0.05) is 18.5 Å². The number of esters is 1. The van der Waals surface area contributed by atoms with E-state index in [0.717, 1.165) is 11.1 Å². The summed E-state index contributed by atoms with van der Waals surface area (Å²) in [5, 5.41) is 13.3. The first kappa shape index (κ1) is 18.4. The molecule has 1 atom stereocenters. The maximum absolute atomic E-state index is 12.0. The molecule has 4 nitrogen and oxygen atoms in total. The van der Waals surface area contributed by atoms with Gasteiger partial charge in [-0.25, -0.2) is 4.79 Å². The van der Waals surface area contributed by atoms with Crippen LogP contribution in [0.5, 0.6) is 0 Å². The van der Waals surface area contributed by atoms with Crippen molar-refractivity contribution < 1.29 is 9.53 Å². The molecule has 128 valence electrons. The highest BCUT2D eigenvalue weighted by Crippen LogP contribution is 2.28. The van der Waals surface area contributed by atoms with Gasteiger partial charge in [0.2, 0.25) is 0 Å². The molecule has 0 aromatic heterocycles. The van der Waals surface area contributed by atoms with Crippen molar-refractivity contribution in [3.63, 3.8) is 0 Å². The van der Waals surface area contributed by atoms with E-state index in [0.29, 0.717) is 6.54 Å². The second-order valence-corrected chi connectivity index (χ2v) is 5.72. The number of carbonyl (C=O) groups is 1. The summed E-state index contributed by atoms with van der Waals surface area (Å²) in [6.45, 7) is 6.34. The Kier molecular flexibility index (Phi) is 6.50. The van der Waals surface area contributed by atoms with Crippen LogP contribution in [0.2, 0.25) is 0 Å². The molecule has 0 fully saturated rings. The summed E-state index contributed by atoms with van der Waals surface area (Å²) in [4.78, 5) is 12.0. The van der Waals surface area contributed by atoms with Gasteiger partial charge in [-0.3, -0.25) is 5.32 Å². The van der Waals surface area contributed by atoms with E-state index >= 15 is 0 Å². The lowest BCUT2D eigenvalue weighted by atomic mass is 9.85. The molecule has 0 radical (unpaired) electrons. The average molecular weight is 334 g/mol. The van der Waals surface area contributed by atoms with Crippen LogP contribution in [0.1, 0.15) is 24.5 Å². The molecular formula is C21H22N2O2. The molecule has 2 rings (SSSR count). The molecule has 0 heterocycles. The van der Waals surface area contributed by atoms with E-state index in [-0.39, 0.29) is 18.6 Å². The highest BCUT2D eigenvalue weighted by molar-refractivity contribution is 5.88. The third kappa shape index (κ3) is 4.79. The first-order valence-corrected chi connectivity index (χ1v) is 8.22. The number of hydrogen-bond acceptors (Lipinski definition) is 4. The fourth-order valence-corrected chi connectivity index (χ4v) is 2.61. The second-order valence-electron chi connectivity index (χ2n) is 5.72. The minimum absolute atomic E-state index is 0.152. The number of nitrogens with one attached hydrogen (secondary N) is 1. The number of ether oxygens (including phenoxy) is 1. The van der Waals surface area contributed by atoms with Crippen LogP contribution in [-0.4, -0.2) is 12.6 Å². The summed E-state index contributed by atoms with van der Waals surface area (Å²) < 4.78 is 5.02. The average Bonchev–Trinajstić information content (AvgIpc) is 2.66. The van der Waals surface area contributed by atoms with E-state index in [4.69, 9.17) is 4.74 Å². The third-order valence-corrected chi connectivity index (χ3v) is 3.94. The third-order valence-electron chi connectivity index (χ3n) is 3.94. The molecule has 0 aliphatic heterocycles. The van der Waals surface area contributed by atoms with E-state index < -0.39 is 11.5 Å². The number of rotatable bonds is 8. The first-order valence-electron chi connectivity index (χ1n) is 8.22. The van der Waals surface area contributed by atoms with E-state index in [1.165, 1.54) is 0 Å². The maximum atomic E-state index is 12.0. The Labute approximate surface area is 148 Å². The van der Waals surface area contributed by atoms with Crippen LogP contribution in [0.15, 0.2) is 72.8 Å². The molecule has 0 saturated carbocycles. The number of nitriles is 1. The lowest BCUT2D eigenvalue weighted by Gasteiger charge is -2.29. The standard InChI is InChI=1S/C21H22N2O2/c1-3-25-20(24)17(2)14-21(16-22,19-12-8-5-9-13-19)23-15-18-10-6-4-7-11-18/h4-13,23H,2-3,14-15H2,1H3. The van der Waals surface area contributed by atoms with Crippen molar-refractivity contribution in [3.05, 3.63) is 83.9 Å². The Bertz CT molecular complexity index is 750. The molecule has 1 N–H and O–H groups in total. The van der Waals surface area contributed by atoms with Crippen LogP contribution >= 0.6 is 0 Å². The largest absolute Gasteiger partial charge is 0.463 e. The predicted octanol–water partition coefficient (Wildman–Crippen LogP) is 3.70. The lowest BCUT2D eigenvalue weighted by molar-refractivity contribution is -0.138. The summed E-state index contributed by atoms with van der Waals surface area (Å²) in [5.74, 6) is -0.473. The molecule has 0 spiro atoms. The smallest absolute Gasteiger partial charge is 0.333 e. The van der Waals surface area contributed by atoms with Gasteiger partial charge in [-0.1, -0.05) is 67.2 Å². The summed E-state index contributed by atoms with van der Waals surface area (Å²) in [5.41, 5.74) is 1.06. The van der Waals surface area contributed by atoms with Crippen molar-refractivity contribution in [1.82, 2.24) is 5.32 Å². The van der Waals surface area contributed by atoms with Crippen molar-refractivity contribution >= 4 is 5.97 Å². The zero-order valence-corrected chi connectivity index (χ0v) is 14.4. The van der Waals surface area contributed by atoms with E-state index in [1.54, 1.807) is 6.92 Å². The van der Waals surface area contributed by atoms with Gasteiger partial charge in [-0.05, 0) is 18.1 Å². The molecule has 0 aliphatic rings. The summed E-state index contributed by atoms with van der Waals surface area (Å²) in [6.07, 6.45) is 0.152. The monoisotopic (exact) mass is 334 g/mol. The quantitative estimate of drug-likeness (QED) is 0.590. The number of benzene rings is 2. The first-order chi connectivity index (χ1) is 12.1. The molecular weight excluding hydrogens is 312 g/mol. The summed E-state index contributed by atoms with van der Waals surface area (Å²) in [7, 11) is 0. The second kappa shape index (κ2) is 8.81. The summed E-state index contributed by atoms with van der Waals surface area (Å²) >= 11 is 0. The Morgan fingerprint density at radius 3 is 2.32 bits per heavy atom. The molecule has 2 aromatic rings. The maximum Gasteiger partial charge on any atom is 0.333 e. The van der Waals surface area contributed by atoms with Crippen LogP contribution in [0.25, 0.3) is 0 Å². The molecule has 0 bridgehead atoms. The molecule has 1 unspecified atom stereocenters. The minimum atomic E-state index is -1.05. The Balaban J connectivity index is 2.28.